The molecule has 0 atom stereocenters. The van der Waals surface area contributed by atoms with Crippen LogP contribution < -0.4 is 10.1 Å². The van der Waals surface area contributed by atoms with Crippen LogP contribution in [-0.4, -0.2) is 20.2 Å². The van der Waals surface area contributed by atoms with Crippen molar-refractivity contribution in [1.82, 2.24) is 5.32 Å². The molecule has 0 amide bonds. The average molecular weight is 265 g/mol. The lowest BCUT2D eigenvalue weighted by Gasteiger charge is -2.06. The minimum Gasteiger partial charge on any atom is -0.494 e. The van der Waals surface area contributed by atoms with E-state index < -0.39 is 0 Å². The molecule has 1 rings (SSSR count). The van der Waals surface area contributed by atoms with Gasteiger partial charge in [0.25, 0.3) is 0 Å². The number of benzene rings is 1. The maximum Gasteiger partial charge on any atom is 0.168 e. The highest BCUT2D eigenvalue weighted by atomic mass is 19.1. The van der Waals surface area contributed by atoms with Gasteiger partial charge in [-0.15, -0.1) is 0 Å². The molecule has 0 aliphatic rings. The molecule has 2 nitrogen and oxygen atoms in total. The van der Waals surface area contributed by atoms with Crippen molar-refractivity contribution in [2.75, 3.05) is 20.2 Å². The fourth-order valence-electron chi connectivity index (χ4n) is 1.78. The second-order valence-electron chi connectivity index (χ2n) is 5.00. The summed E-state index contributed by atoms with van der Waals surface area (Å²) in [5.41, 5.74) is 0.672. The molecule has 1 aromatic carbocycles. The lowest BCUT2D eigenvalue weighted by atomic mass is 10.1. The monoisotopic (exact) mass is 265 g/mol. The van der Waals surface area contributed by atoms with Crippen molar-refractivity contribution in [2.24, 2.45) is 5.92 Å². The third-order valence-corrected chi connectivity index (χ3v) is 2.81. The molecular weight excluding hydrogens is 241 g/mol. The Hall–Kier alpha value is -1.35. The van der Waals surface area contributed by atoms with Gasteiger partial charge in [-0.25, -0.2) is 4.39 Å². The van der Waals surface area contributed by atoms with E-state index in [1.54, 1.807) is 12.1 Å². The van der Waals surface area contributed by atoms with Gasteiger partial charge in [0.1, 0.15) is 0 Å². The van der Waals surface area contributed by atoms with Crippen LogP contribution >= 0.6 is 0 Å². The number of nitrogens with one attached hydrogen (secondary N) is 1. The first-order chi connectivity index (χ1) is 9.15. The normalized spacial score (nSPS) is 11.4. The molecule has 19 heavy (non-hydrogen) atoms. The van der Waals surface area contributed by atoms with E-state index in [0.717, 1.165) is 19.5 Å². The molecule has 0 saturated carbocycles. The van der Waals surface area contributed by atoms with Crippen LogP contribution in [0.1, 0.15) is 25.8 Å². The first kappa shape index (κ1) is 15.7. The van der Waals surface area contributed by atoms with E-state index in [0.29, 0.717) is 23.7 Å². The molecule has 106 valence electrons. The standard InChI is InChI=1S/C16H24FNO/c1-13(2)12-18-11-6-4-5-8-14-9-7-10-15(19-3)16(14)17/h4-5,7,9-10,13,18H,6,8,11-12H2,1-3H3/b5-4+. The highest BCUT2D eigenvalue weighted by Crippen LogP contribution is 2.20. The Bertz CT molecular complexity index is 402. The van der Waals surface area contributed by atoms with Gasteiger partial charge in [0.2, 0.25) is 0 Å². The Morgan fingerprint density at radius 2 is 2.11 bits per heavy atom. The Balaban J connectivity index is 2.32. The van der Waals surface area contributed by atoms with Crippen molar-refractivity contribution < 1.29 is 9.13 Å². The van der Waals surface area contributed by atoms with E-state index in [9.17, 15) is 4.39 Å². The Labute approximate surface area is 115 Å². The second-order valence-corrected chi connectivity index (χ2v) is 5.00. The van der Waals surface area contributed by atoms with Crippen molar-refractivity contribution >= 4 is 0 Å². The molecule has 0 saturated heterocycles. The fraction of sp³-hybridized carbons (Fsp3) is 0.500. The number of allylic oxidation sites excluding steroid dienone is 1. The van der Waals surface area contributed by atoms with Crippen LogP contribution in [0, 0.1) is 11.7 Å². The molecule has 0 fully saturated rings. The van der Waals surface area contributed by atoms with Gasteiger partial charge in [-0.2, -0.15) is 0 Å². The number of methoxy groups -OCH3 is 1. The van der Waals surface area contributed by atoms with Gasteiger partial charge in [-0.05, 0) is 43.5 Å². The van der Waals surface area contributed by atoms with E-state index in [4.69, 9.17) is 4.74 Å². The summed E-state index contributed by atoms with van der Waals surface area (Å²) < 4.78 is 18.8. The summed E-state index contributed by atoms with van der Waals surface area (Å²) in [6.07, 6.45) is 5.67. The van der Waals surface area contributed by atoms with E-state index in [1.165, 1.54) is 7.11 Å². The van der Waals surface area contributed by atoms with Crippen LogP contribution in [0.3, 0.4) is 0 Å². The van der Waals surface area contributed by atoms with Crippen molar-refractivity contribution in [2.45, 2.75) is 26.7 Å². The van der Waals surface area contributed by atoms with Crippen molar-refractivity contribution in [3.8, 4) is 5.75 Å². The van der Waals surface area contributed by atoms with E-state index in [-0.39, 0.29) is 5.82 Å². The summed E-state index contributed by atoms with van der Waals surface area (Å²) >= 11 is 0. The van der Waals surface area contributed by atoms with Gasteiger partial charge >= 0.3 is 0 Å². The SMILES string of the molecule is COc1cccc(C/C=C/CCNCC(C)C)c1F. The lowest BCUT2D eigenvalue weighted by molar-refractivity contribution is 0.384. The van der Waals surface area contributed by atoms with Crippen LogP contribution in [0.15, 0.2) is 30.4 Å². The number of hydrogen-bond acceptors (Lipinski definition) is 2. The summed E-state index contributed by atoms with van der Waals surface area (Å²) in [7, 11) is 1.48. The van der Waals surface area contributed by atoms with Gasteiger partial charge in [0, 0.05) is 0 Å². The Kier molecular flexibility index (Phi) is 7.19. The molecule has 0 unspecified atom stereocenters. The first-order valence-electron chi connectivity index (χ1n) is 6.82. The van der Waals surface area contributed by atoms with Crippen molar-refractivity contribution in [1.29, 1.82) is 0 Å². The van der Waals surface area contributed by atoms with E-state index in [1.807, 2.05) is 12.1 Å². The average Bonchev–Trinajstić information content (AvgIpc) is 2.39. The maximum absolute atomic E-state index is 13.8. The predicted molar refractivity (Wildman–Crippen MR) is 78.1 cm³/mol. The molecule has 0 aliphatic carbocycles. The maximum atomic E-state index is 13.8. The molecular formula is C16H24FNO. The summed E-state index contributed by atoms with van der Waals surface area (Å²) in [5.74, 6) is 0.729. The van der Waals surface area contributed by atoms with Crippen LogP contribution in [0.4, 0.5) is 4.39 Å². The molecule has 0 aliphatic heterocycles. The summed E-state index contributed by atoms with van der Waals surface area (Å²) in [4.78, 5) is 0. The van der Waals surface area contributed by atoms with E-state index in [2.05, 4.69) is 25.2 Å². The van der Waals surface area contributed by atoms with Gasteiger partial charge < -0.3 is 10.1 Å². The zero-order valence-electron chi connectivity index (χ0n) is 12.1. The molecule has 0 radical (unpaired) electrons. The van der Waals surface area contributed by atoms with Crippen LogP contribution in [0.2, 0.25) is 0 Å². The predicted octanol–water partition coefficient (Wildman–Crippen LogP) is 3.57. The molecule has 0 bridgehead atoms. The minimum absolute atomic E-state index is 0.257. The van der Waals surface area contributed by atoms with Gasteiger partial charge in [0.05, 0.1) is 7.11 Å². The van der Waals surface area contributed by atoms with Gasteiger partial charge in [-0.3, -0.25) is 0 Å². The minimum atomic E-state index is -0.257. The molecule has 0 aromatic heterocycles. The number of ether oxygens (including phenoxy) is 1. The number of rotatable bonds is 8. The third kappa shape index (κ3) is 5.88. The van der Waals surface area contributed by atoms with Crippen LogP contribution in [0.5, 0.6) is 5.75 Å². The second kappa shape index (κ2) is 8.70. The zero-order chi connectivity index (χ0) is 14.1. The van der Waals surface area contributed by atoms with E-state index >= 15 is 0 Å². The highest BCUT2D eigenvalue weighted by molar-refractivity contribution is 5.32. The van der Waals surface area contributed by atoms with Crippen LogP contribution in [-0.2, 0) is 6.42 Å². The molecule has 1 N–H and O–H groups in total. The topological polar surface area (TPSA) is 21.3 Å². The summed E-state index contributed by atoms with van der Waals surface area (Å²) in [6.45, 7) is 6.39. The fourth-order valence-corrected chi connectivity index (χ4v) is 1.78. The Morgan fingerprint density at radius 3 is 2.79 bits per heavy atom. The highest BCUT2D eigenvalue weighted by Gasteiger charge is 2.05. The smallest absolute Gasteiger partial charge is 0.168 e. The quantitative estimate of drug-likeness (QED) is 0.573. The molecule has 1 aromatic rings. The lowest BCUT2D eigenvalue weighted by Crippen LogP contribution is -2.20. The Morgan fingerprint density at radius 1 is 1.32 bits per heavy atom. The largest absolute Gasteiger partial charge is 0.494 e. The number of halogens is 1. The first-order valence-corrected chi connectivity index (χ1v) is 6.82. The number of hydrogen-bond donors (Lipinski definition) is 1. The van der Waals surface area contributed by atoms with Crippen LogP contribution in [0.25, 0.3) is 0 Å². The van der Waals surface area contributed by atoms with Crippen molar-refractivity contribution in [3.05, 3.63) is 41.7 Å². The molecule has 0 spiro atoms. The van der Waals surface area contributed by atoms with Gasteiger partial charge in [-0.1, -0.05) is 38.1 Å². The van der Waals surface area contributed by atoms with Gasteiger partial charge in [0.15, 0.2) is 11.6 Å². The molecule has 3 heteroatoms. The molecule has 0 heterocycles. The summed E-state index contributed by atoms with van der Waals surface area (Å²) in [5, 5.41) is 3.37. The zero-order valence-corrected chi connectivity index (χ0v) is 12.1. The van der Waals surface area contributed by atoms with Crippen molar-refractivity contribution in [3.63, 3.8) is 0 Å². The summed E-state index contributed by atoms with van der Waals surface area (Å²) in [6, 6.07) is 5.24. The third-order valence-electron chi connectivity index (χ3n) is 2.81.